The smallest absolute Gasteiger partial charge is 0.255 e. The minimum Gasteiger partial charge on any atom is -1.00 e. The predicted molar refractivity (Wildman–Crippen MR) is 447 cm³/mol. The number of aromatic amines is 3. The number of nitrogens with zero attached hydrogens (tertiary/aromatic N) is 3. The van der Waals surface area contributed by atoms with Crippen molar-refractivity contribution in [2.75, 3.05) is 67.0 Å². The standard InChI is InChI=1S/C42H43N3O3.C28H29N3O3.C28H31N3O3.3ClH/c1-45(26-28-11-12-28)22-20-41-25-36-34(32-9-5-6-10-35(32)44-36)24-42(41,48)37(45)23-31-17-18-33(39(46)38(31)41)40(47)43-21-19-27-13-15-30(16-14-27)29-7-3-2-4-8-29;1-31(14-15-6-7-15)11-10-27-22-16-8-9-18(26(29)32)24(22)34-25(27)23-19(13-28(27,33)21(31)12-16)17-4-2-3-5-20(17)30-23;1-31(15-16-6-7-16)11-10-27-14-22-20(18-4-2-3-5-21(18)30-22)13-28(27,34)23(31)12-17-8-9-19(26(29)33)25(32)24(17)27;;;/h2-10,13-18,28,37,44,48H,11-12,19-26H2,1H3,(H-,43,46,47);2-5,8-9,15,21,25,30,33H,6-7,10-14H2,1H3,(H-,29,32);2-5,8-9,16,23,30,34H,6-7,10-15H2,1H3,(H2-,29,32,33);3*1H/t37-,41-,42-,45?;21-,25?,27+,28-,31?;23-,27-,28-,31?;;;/m111.../s1. The third kappa shape index (κ3) is 11.6. The number of phenolic OH excluding ortho intramolecular Hbond substituents is 1. The molecule has 3 aromatic heterocycles. The number of likely N-dealkylation sites (N-methyl/N-ethyl adjacent to an activating group) is 3. The van der Waals surface area contributed by atoms with Crippen LogP contribution in [0.3, 0.4) is 0 Å². The summed E-state index contributed by atoms with van der Waals surface area (Å²) in [7, 11) is 7.06. The molecule has 21 heteroatoms. The summed E-state index contributed by atoms with van der Waals surface area (Å²) in [6, 6.07) is 55.4. The van der Waals surface area contributed by atoms with Gasteiger partial charge >= 0.3 is 0 Å². The fraction of sp³-hybridized carbons (Fsp3) is 0.418. The number of halogens is 3. The van der Waals surface area contributed by atoms with E-state index < -0.39 is 44.9 Å². The zero-order valence-corrected chi connectivity index (χ0v) is 70.1. The number of ether oxygens (including phenoxy) is 1. The Morgan fingerprint density at radius 3 is 1.37 bits per heavy atom. The van der Waals surface area contributed by atoms with Gasteiger partial charge in [0.15, 0.2) is 6.10 Å². The Labute approximate surface area is 712 Å². The van der Waals surface area contributed by atoms with E-state index in [1.807, 2.05) is 42.5 Å². The number of fused-ring (bicyclic) bond motifs is 12. The van der Waals surface area contributed by atoms with Crippen molar-refractivity contribution in [3.8, 4) is 28.4 Å². The number of aromatic hydroxyl groups is 2. The molecule has 8 aromatic carbocycles. The quantitative estimate of drug-likeness (QED) is 0.0754. The number of quaternary nitrogens is 3. The first-order valence-electron chi connectivity index (χ1n) is 42.9. The van der Waals surface area contributed by atoms with E-state index in [4.69, 9.17) is 16.2 Å². The van der Waals surface area contributed by atoms with E-state index in [1.54, 1.807) is 12.1 Å². The molecule has 6 fully saturated rings. The number of likely N-dealkylation sites (tertiary alicyclic amines) is 3. The van der Waals surface area contributed by atoms with Crippen molar-refractivity contribution in [3.63, 3.8) is 0 Å². The molecule has 13 N–H and O–H groups in total. The van der Waals surface area contributed by atoms with Crippen molar-refractivity contribution in [3.05, 3.63) is 253 Å². The fourth-order valence-electron chi connectivity index (χ4n) is 26.4. The van der Waals surface area contributed by atoms with Crippen LogP contribution in [0, 0.1) is 17.8 Å². The third-order valence-electron chi connectivity index (χ3n) is 32.4. The van der Waals surface area contributed by atoms with Crippen molar-refractivity contribution in [2.45, 2.75) is 173 Å². The predicted octanol–water partition coefficient (Wildman–Crippen LogP) is 3.51. The first-order chi connectivity index (χ1) is 55.9. The summed E-state index contributed by atoms with van der Waals surface area (Å²) in [6.07, 6.45) is 15.6. The zero-order chi connectivity index (χ0) is 79.2. The second-order valence-corrected chi connectivity index (χ2v) is 38.8. The second kappa shape index (κ2) is 27.9. The first-order valence-corrected chi connectivity index (χ1v) is 42.9. The van der Waals surface area contributed by atoms with E-state index in [0.717, 1.165) is 169 Å². The molecular formula is C98H106Cl3N9O9. The minimum absolute atomic E-state index is 0. The van der Waals surface area contributed by atoms with Gasteiger partial charge < -0.3 is 113 Å². The largest absolute Gasteiger partial charge is 1.00 e. The van der Waals surface area contributed by atoms with Crippen LogP contribution in [0.15, 0.2) is 164 Å². The SMILES string of the molecule is C[N+]1(CC2CC2)CC[C@]23Cc4[nH]c5ccccc5c4C[C@@]2(O)[C@H]1Cc1ccc(C(=O)NCCc2ccc(-c4ccccc4)cc2)c(O)c13.C[N+]1(CC2CC2)CC[C@]23Cc4[nH]c5ccccc5c4C[C@@]2(O)[C@H]1Cc1ccc(C(N)=O)c(O)c13.C[N+]1(CC2CC2)CC[C@]23c4c5ccc(C(N)=O)c4OC2c2[nH]c4ccccc4c2C[C@@]3(O)[C@H]1C5.[Cl-].[Cl-].[Cl-]. The lowest BCUT2D eigenvalue weighted by atomic mass is 9.48. The van der Waals surface area contributed by atoms with Crippen LogP contribution in [-0.2, 0) is 74.0 Å². The number of nitrogens with two attached hydrogens (primary N) is 2. The highest BCUT2D eigenvalue weighted by Crippen LogP contribution is 2.70. The van der Waals surface area contributed by atoms with E-state index in [0.29, 0.717) is 74.8 Å². The Balaban J connectivity index is 0.000000119. The Morgan fingerprint density at radius 2 is 0.874 bits per heavy atom. The van der Waals surface area contributed by atoms with Crippen molar-refractivity contribution in [2.24, 2.45) is 29.2 Å². The van der Waals surface area contributed by atoms with E-state index in [-0.39, 0.29) is 84.4 Å². The average molecular weight is 1660 g/mol. The summed E-state index contributed by atoms with van der Waals surface area (Å²) in [4.78, 5) is 49.2. The lowest BCUT2D eigenvalue weighted by molar-refractivity contribution is -0.950. The van der Waals surface area contributed by atoms with Crippen LogP contribution in [-0.4, -0.2) is 174 Å². The number of H-pyrrole nitrogens is 3. The average Bonchev–Trinajstić information content (AvgIpc) is 1.38. The summed E-state index contributed by atoms with van der Waals surface area (Å²) in [5, 5.41) is 69.3. The van der Waals surface area contributed by atoms with Gasteiger partial charge in [0.1, 0.15) is 52.2 Å². The summed E-state index contributed by atoms with van der Waals surface area (Å²) < 4.78 is 9.41. The molecule has 4 aliphatic heterocycles. The van der Waals surface area contributed by atoms with Crippen molar-refractivity contribution in [1.82, 2.24) is 20.3 Å². The highest BCUT2D eigenvalue weighted by atomic mass is 35.5. The summed E-state index contributed by atoms with van der Waals surface area (Å²) in [5.41, 5.74) is 27.0. The number of aliphatic hydroxyl groups is 3. The number of amides is 3. The number of nitrogens with one attached hydrogen (secondary N) is 4. The summed E-state index contributed by atoms with van der Waals surface area (Å²) in [5.74, 6) is 1.52. The molecule has 119 heavy (non-hydrogen) atoms. The maximum atomic E-state index is 13.7. The van der Waals surface area contributed by atoms with Crippen LogP contribution in [0.4, 0.5) is 0 Å². The number of primary amides is 2. The van der Waals surface area contributed by atoms with Crippen molar-refractivity contribution < 1.29 is 95.3 Å². The summed E-state index contributed by atoms with van der Waals surface area (Å²) >= 11 is 0. The summed E-state index contributed by atoms with van der Waals surface area (Å²) in [6.45, 7) is 6.73. The molecule has 7 heterocycles. The van der Waals surface area contributed by atoms with Crippen LogP contribution in [0.2, 0.25) is 0 Å². The minimum atomic E-state index is -1.04. The van der Waals surface area contributed by atoms with Gasteiger partial charge in [-0.1, -0.05) is 127 Å². The monoisotopic (exact) mass is 1660 g/mol. The highest BCUT2D eigenvalue weighted by molar-refractivity contribution is 5.99. The molecule has 3 saturated heterocycles. The molecule has 618 valence electrons. The molecule has 4 unspecified atom stereocenters. The van der Waals surface area contributed by atoms with Gasteiger partial charge in [-0.25, -0.2) is 0 Å². The van der Waals surface area contributed by atoms with Gasteiger partial charge in [0.25, 0.3) is 17.7 Å². The van der Waals surface area contributed by atoms with E-state index >= 15 is 0 Å². The lowest BCUT2D eigenvalue weighted by Crippen LogP contribution is -3.00. The molecule has 18 nitrogen and oxygen atoms in total. The number of rotatable bonds is 13. The molecule has 6 bridgehead atoms. The Kier molecular flexibility index (Phi) is 18.7. The van der Waals surface area contributed by atoms with Crippen molar-refractivity contribution >= 4 is 50.4 Å². The maximum Gasteiger partial charge on any atom is 0.255 e. The van der Waals surface area contributed by atoms with Crippen LogP contribution < -0.4 is 58.7 Å². The van der Waals surface area contributed by atoms with Crippen LogP contribution >= 0.6 is 0 Å². The first kappa shape index (κ1) is 79.6. The van der Waals surface area contributed by atoms with Gasteiger partial charge in [-0.2, -0.15) is 0 Å². The number of para-hydroxylation sites is 3. The third-order valence-corrected chi connectivity index (χ3v) is 32.4. The van der Waals surface area contributed by atoms with Crippen LogP contribution in [0.1, 0.15) is 168 Å². The van der Waals surface area contributed by atoms with Gasteiger partial charge in [-0.05, 0) is 131 Å². The lowest BCUT2D eigenvalue weighted by Gasteiger charge is -2.65. The number of hydrogen-bond donors (Lipinski definition) is 11. The number of phenols is 2. The Bertz CT molecular complexity index is 5990. The number of benzene rings is 8. The van der Waals surface area contributed by atoms with Gasteiger partial charge in [0.05, 0.1) is 88.2 Å². The van der Waals surface area contributed by atoms with E-state index in [9.17, 15) is 39.9 Å². The molecule has 11 aromatic rings. The van der Waals surface area contributed by atoms with E-state index in [2.05, 4.69) is 151 Å². The molecule has 9 aliphatic carbocycles. The molecular weight excluding hydrogens is 1550 g/mol. The second-order valence-electron chi connectivity index (χ2n) is 38.8. The zero-order valence-electron chi connectivity index (χ0n) is 67.8. The van der Waals surface area contributed by atoms with Gasteiger partial charge in [0, 0.05) is 167 Å². The molecule has 3 saturated carbocycles. The normalized spacial score (nSPS) is 31.1. The molecule has 13 atom stereocenters. The number of aromatic nitrogens is 3. The Morgan fingerprint density at radius 1 is 0.462 bits per heavy atom. The fourth-order valence-corrected chi connectivity index (χ4v) is 26.4. The number of carbonyl (C=O) groups excluding carboxylic acids is 3. The van der Waals surface area contributed by atoms with Crippen molar-refractivity contribution in [1.29, 1.82) is 0 Å². The maximum absolute atomic E-state index is 13.7. The van der Waals surface area contributed by atoms with Crippen LogP contribution in [0.5, 0.6) is 17.2 Å². The van der Waals surface area contributed by atoms with Crippen LogP contribution in [0.25, 0.3) is 43.8 Å². The Hall–Kier alpha value is -9.18. The van der Waals surface area contributed by atoms with Gasteiger partial charge in [-0.15, -0.1) is 0 Å². The van der Waals surface area contributed by atoms with E-state index in [1.165, 1.54) is 82.7 Å². The highest BCUT2D eigenvalue weighted by Gasteiger charge is 2.77. The molecule has 13 aliphatic rings. The molecule has 1 spiro atoms. The van der Waals surface area contributed by atoms with Gasteiger partial charge in [-0.3, -0.25) is 14.4 Å². The molecule has 0 radical (unpaired) electrons. The topological polar surface area (TPSA) is 273 Å². The number of piperidine rings is 3. The number of carbonyl (C=O) groups is 3. The molecule has 3 amide bonds. The number of hydrogen-bond acceptors (Lipinski definition) is 9. The molecule has 24 rings (SSSR count). The van der Waals surface area contributed by atoms with Gasteiger partial charge in [0.2, 0.25) is 0 Å².